The molecule has 19 heavy (non-hydrogen) atoms. The SMILES string of the molecule is CN(Cc1ccc(Cl)cc1)C(=O)c1ccncc1N. The lowest BCUT2D eigenvalue weighted by Crippen LogP contribution is -2.27. The second-order valence-electron chi connectivity index (χ2n) is 4.25. The number of hydrogen-bond acceptors (Lipinski definition) is 3. The largest absolute Gasteiger partial charge is 0.397 e. The fourth-order valence-electron chi connectivity index (χ4n) is 1.74. The molecule has 4 nitrogen and oxygen atoms in total. The predicted molar refractivity (Wildman–Crippen MR) is 75.9 cm³/mol. The fourth-order valence-corrected chi connectivity index (χ4v) is 1.87. The van der Waals surface area contributed by atoms with E-state index in [0.29, 0.717) is 22.8 Å². The van der Waals surface area contributed by atoms with Gasteiger partial charge in [0.25, 0.3) is 5.91 Å². The highest BCUT2D eigenvalue weighted by molar-refractivity contribution is 6.30. The highest BCUT2D eigenvalue weighted by Crippen LogP contribution is 2.15. The van der Waals surface area contributed by atoms with Gasteiger partial charge in [-0.15, -0.1) is 0 Å². The molecule has 2 rings (SSSR count). The third-order valence-corrected chi connectivity index (χ3v) is 3.01. The van der Waals surface area contributed by atoms with E-state index in [1.807, 2.05) is 12.1 Å². The molecule has 0 saturated heterocycles. The third-order valence-electron chi connectivity index (χ3n) is 2.76. The minimum atomic E-state index is -0.130. The summed E-state index contributed by atoms with van der Waals surface area (Å²) < 4.78 is 0. The molecule has 0 aliphatic carbocycles. The lowest BCUT2D eigenvalue weighted by molar-refractivity contribution is 0.0786. The molecule has 2 aromatic rings. The summed E-state index contributed by atoms with van der Waals surface area (Å²) >= 11 is 5.82. The maximum absolute atomic E-state index is 12.2. The van der Waals surface area contributed by atoms with Gasteiger partial charge in [-0.05, 0) is 23.8 Å². The van der Waals surface area contributed by atoms with Gasteiger partial charge in [-0.1, -0.05) is 23.7 Å². The number of aromatic nitrogens is 1. The number of carbonyl (C=O) groups excluding carboxylic acids is 1. The lowest BCUT2D eigenvalue weighted by Gasteiger charge is -2.18. The minimum Gasteiger partial charge on any atom is -0.397 e. The molecule has 0 aliphatic rings. The van der Waals surface area contributed by atoms with Crippen molar-refractivity contribution in [2.45, 2.75) is 6.54 Å². The highest BCUT2D eigenvalue weighted by Gasteiger charge is 2.14. The Labute approximate surface area is 116 Å². The summed E-state index contributed by atoms with van der Waals surface area (Å²) in [5, 5.41) is 0.677. The molecule has 2 N–H and O–H groups in total. The van der Waals surface area contributed by atoms with E-state index in [4.69, 9.17) is 17.3 Å². The van der Waals surface area contributed by atoms with Crippen LogP contribution in [0.3, 0.4) is 0 Å². The normalized spacial score (nSPS) is 10.2. The van der Waals surface area contributed by atoms with Crippen LogP contribution in [0.15, 0.2) is 42.7 Å². The number of nitrogens with two attached hydrogens (primary N) is 1. The van der Waals surface area contributed by atoms with Crippen LogP contribution in [-0.4, -0.2) is 22.8 Å². The van der Waals surface area contributed by atoms with Gasteiger partial charge in [-0.2, -0.15) is 0 Å². The highest BCUT2D eigenvalue weighted by atomic mass is 35.5. The van der Waals surface area contributed by atoms with Crippen molar-refractivity contribution in [3.63, 3.8) is 0 Å². The number of carbonyl (C=O) groups is 1. The first-order valence-electron chi connectivity index (χ1n) is 5.77. The molecule has 1 aromatic heterocycles. The van der Waals surface area contributed by atoms with Gasteiger partial charge in [0.05, 0.1) is 17.4 Å². The van der Waals surface area contributed by atoms with Crippen molar-refractivity contribution < 1.29 is 4.79 Å². The van der Waals surface area contributed by atoms with Crippen LogP contribution in [0.25, 0.3) is 0 Å². The van der Waals surface area contributed by atoms with Gasteiger partial charge in [-0.25, -0.2) is 0 Å². The van der Waals surface area contributed by atoms with E-state index in [2.05, 4.69) is 4.98 Å². The fraction of sp³-hybridized carbons (Fsp3) is 0.143. The second-order valence-corrected chi connectivity index (χ2v) is 4.69. The Morgan fingerprint density at radius 2 is 2.00 bits per heavy atom. The number of rotatable bonds is 3. The van der Waals surface area contributed by atoms with E-state index >= 15 is 0 Å². The number of nitrogens with zero attached hydrogens (tertiary/aromatic N) is 2. The van der Waals surface area contributed by atoms with E-state index < -0.39 is 0 Å². The predicted octanol–water partition coefficient (Wildman–Crippen LogP) is 2.59. The molecular weight excluding hydrogens is 262 g/mol. The monoisotopic (exact) mass is 275 g/mol. The average Bonchev–Trinajstić information content (AvgIpc) is 2.41. The van der Waals surface area contributed by atoms with Crippen LogP contribution in [0.4, 0.5) is 5.69 Å². The van der Waals surface area contributed by atoms with E-state index in [0.717, 1.165) is 5.56 Å². The molecule has 0 bridgehead atoms. The number of pyridine rings is 1. The van der Waals surface area contributed by atoms with Crippen LogP contribution in [0.5, 0.6) is 0 Å². The van der Waals surface area contributed by atoms with Crippen molar-refractivity contribution in [3.05, 3.63) is 58.9 Å². The Bertz CT molecular complexity index is 583. The number of nitrogen functional groups attached to an aromatic ring is 1. The second kappa shape index (κ2) is 5.71. The number of amides is 1. The number of benzene rings is 1. The number of hydrogen-bond donors (Lipinski definition) is 1. The molecule has 0 spiro atoms. The Morgan fingerprint density at radius 1 is 1.32 bits per heavy atom. The van der Waals surface area contributed by atoms with Crippen molar-refractivity contribution in [1.29, 1.82) is 0 Å². The van der Waals surface area contributed by atoms with Crippen molar-refractivity contribution in [1.82, 2.24) is 9.88 Å². The molecule has 0 fully saturated rings. The summed E-state index contributed by atoms with van der Waals surface area (Å²) in [4.78, 5) is 17.7. The van der Waals surface area contributed by atoms with Crippen molar-refractivity contribution >= 4 is 23.2 Å². The Hall–Kier alpha value is -2.07. The summed E-state index contributed by atoms with van der Waals surface area (Å²) in [7, 11) is 1.73. The zero-order chi connectivity index (χ0) is 13.8. The summed E-state index contributed by atoms with van der Waals surface area (Å²) in [6.07, 6.45) is 3.03. The Kier molecular flexibility index (Phi) is 4.02. The molecular formula is C14H14ClN3O. The molecule has 1 aromatic carbocycles. The average molecular weight is 276 g/mol. The van der Waals surface area contributed by atoms with Gasteiger partial charge in [0.2, 0.25) is 0 Å². The molecule has 0 radical (unpaired) electrons. The zero-order valence-electron chi connectivity index (χ0n) is 10.5. The molecule has 98 valence electrons. The molecule has 0 unspecified atom stereocenters. The van der Waals surface area contributed by atoms with Gasteiger partial charge >= 0.3 is 0 Å². The molecule has 1 amide bonds. The number of halogens is 1. The van der Waals surface area contributed by atoms with Crippen LogP contribution >= 0.6 is 11.6 Å². The topological polar surface area (TPSA) is 59.2 Å². The molecule has 5 heteroatoms. The quantitative estimate of drug-likeness (QED) is 0.937. The van der Waals surface area contributed by atoms with Crippen molar-refractivity contribution in [3.8, 4) is 0 Å². The van der Waals surface area contributed by atoms with Crippen molar-refractivity contribution in [2.75, 3.05) is 12.8 Å². The van der Waals surface area contributed by atoms with Crippen molar-refractivity contribution in [2.24, 2.45) is 0 Å². The van der Waals surface area contributed by atoms with E-state index in [1.54, 1.807) is 36.3 Å². The standard InChI is InChI=1S/C14H14ClN3O/c1-18(9-10-2-4-11(15)5-3-10)14(19)12-6-7-17-8-13(12)16/h2-8H,9,16H2,1H3. The van der Waals surface area contributed by atoms with Crippen LogP contribution in [-0.2, 0) is 6.54 Å². The molecule has 1 heterocycles. The molecule has 0 atom stereocenters. The number of anilines is 1. The van der Waals surface area contributed by atoms with E-state index in [1.165, 1.54) is 6.20 Å². The van der Waals surface area contributed by atoms with Gasteiger partial charge in [0.15, 0.2) is 0 Å². The smallest absolute Gasteiger partial charge is 0.256 e. The first kappa shape index (κ1) is 13.4. The van der Waals surface area contributed by atoms with Gasteiger partial charge in [0.1, 0.15) is 0 Å². The maximum atomic E-state index is 12.2. The van der Waals surface area contributed by atoms with Crippen LogP contribution in [0.2, 0.25) is 5.02 Å². The molecule has 0 saturated carbocycles. The summed E-state index contributed by atoms with van der Waals surface area (Å²) in [6.45, 7) is 0.498. The minimum absolute atomic E-state index is 0.130. The first-order chi connectivity index (χ1) is 9.08. The van der Waals surface area contributed by atoms with Gasteiger partial charge in [0, 0.05) is 24.8 Å². The Morgan fingerprint density at radius 3 is 2.63 bits per heavy atom. The first-order valence-corrected chi connectivity index (χ1v) is 6.15. The summed E-state index contributed by atoms with van der Waals surface area (Å²) in [5.74, 6) is -0.130. The van der Waals surface area contributed by atoms with E-state index in [9.17, 15) is 4.79 Å². The summed E-state index contributed by atoms with van der Waals surface area (Å²) in [6, 6.07) is 9.01. The van der Waals surface area contributed by atoms with Gasteiger partial charge in [-0.3, -0.25) is 9.78 Å². The Balaban J connectivity index is 2.12. The maximum Gasteiger partial charge on any atom is 0.256 e. The zero-order valence-corrected chi connectivity index (χ0v) is 11.3. The van der Waals surface area contributed by atoms with Crippen LogP contribution < -0.4 is 5.73 Å². The van der Waals surface area contributed by atoms with Crippen LogP contribution in [0, 0.1) is 0 Å². The van der Waals surface area contributed by atoms with E-state index in [-0.39, 0.29) is 5.91 Å². The lowest BCUT2D eigenvalue weighted by atomic mass is 10.1. The third kappa shape index (κ3) is 3.23. The molecule has 0 aliphatic heterocycles. The van der Waals surface area contributed by atoms with Crippen LogP contribution in [0.1, 0.15) is 15.9 Å². The van der Waals surface area contributed by atoms with Gasteiger partial charge < -0.3 is 10.6 Å². The summed E-state index contributed by atoms with van der Waals surface area (Å²) in [5.41, 5.74) is 7.60.